The van der Waals surface area contributed by atoms with E-state index in [9.17, 15) is 20.1 Å². The van der Waals surface area contributed by atoms with Crippen molar-refractivity contribution in [3.05, 3.63) is 0 Å². The average molecular weight is 347 g/mol. The Balaban J connectivity index is 2.03. The van der Waals surface area contributed by atoms with E-state index in [-0.39, 0.29) is 0 Å². The standard InChI is InChI=1S/C14H29N5O5/c1-3-10(2)18-24-14(23)15-8-6-4-5-7-9-19-12(21)16-11(20)17-13(19)22/h11-13,16-17,20-22H,3-9H2,1-2H3,(H,15,23)/b18-10+. The van der Waals surface area contributed by atoms with Crippen LogP contribution in [0, 0.1) is 0 Å². The van der Waals surface area contributed by atoms with Crippen LogP contribution in [0.25, 0.3) is 0 Å². The van der Waals surface area contributed by atoms with E-state index in [1.54, 1.807) is 6.92 Å². The highest BCUT2D eigenvalue weighted by atomic mass is 16.7. The number of unbranched alkanes of at least 4 members (excludes halogenated alkanes) is 3. The molecule has 1 saturated heterocycles. The van der Waals surface area contributed by atoms with Crippen LogP contribution < -0.4 is 16.0 Å². The van der Waals surface area contributed by atoms with E-state index >= 15 is 0 Å². The molecule has 2 unspecified atom stereocenters. The van der Waals surface area contributed by atoms with Crippen molar-refractivity contribution in [2.24, 2.45) is 5.16 Å². The fourth-order valence-corrected chi connectivity index (χ4v) is 2.08. The van der Waals surface area contributed by atoms with E-state index in [4.69, 9.17) is 0 Å². The Morgan fingerprint density at radius 3 is 2.42 bits per heavy atom. The van der Waals surface area contributed by atoms with Crippen LogP contribution >= 0.6 is 0 Å². The van der Waals surface area contributed by atoms with Crippen molar-refractivity contribution < 1.29 is 25.0 Å². The average Bonchev–Trinajstić information content (AvgIpc) is 2.53. The Labute approximate surface area is 141 Å². The molecule has 1 aliphatic rings. The second-order valence-corrected chi connectivity index (χ2v) is 5.62. The predicted octanol–water partition coefficient (Wildman–Crippen LogP) is -0.619. The molecule has 0 bridgehead atoms. The van der Waals surface area contributed by atoms with Crippen molar-refractivity contribution in [3.63, 3.8) is 0 Å². The molecule has 140 valence electrons. The maximum absolute atomic E-state index is 11.3. The van der Waals surface area contributed by atoms with E-state index in [2.05, 4.69) is 25.9 Å². The van der Waals surface area contributed by atoms with Crippen LogP contribution in [-0.4, -0.2) is 64.2 Å². The van der Waals surface area contributed by atoms with Gasteiger partial charge in [-0.3, -0.25) is 4.84 Å². The van der Waals surface area contributed by atoms with Gasteiger partial charge in [0.25, 0.3) is 0 Å². The lowest BCUT2D eigenvalue weighted by Gasteiger charge is -2.39. The molecule has 10 heteroatoms. The number of rotatable bonds is 9. The molecular weight excluding hydrogens is 318 g/mol. The van der Waals surface area contributed by atoms with E-state index in [0.717, 1.165) is 37.8 Å². The van der Waals surface area contributed by atoms with E-state index in [0.29, 0.717) is 13.1 Å². The first-order chi connectivity index (χ1) is 11.4. The molecule has 2 atom stereocenters. The summed E-state index contributed by atoms with van der Waals surface area (Å²) in [5, 5.41) is 39.8. The highest BCUT2D eigenvalue weighted by molar-refractivity contribution is 5.81. The third-order valence-electron chi connectivity index (χ3n) is 3.65. The molecule has 1 amide bonds. The second-order valence-electron chi connectivity index (χ2n) is 5.62. The maximum atomic E-state index is 11.3. The largest absolute Gasteiger partial charge is 0.433 e. The van der Waals surface area contributed by atoms with Crippen LogP contribution in [0.2, 0.25) is 0 Å². The summed E-state index contributed by atoms with van der Waals surface area (Å²) >= 11 is 0. The molecule has 0 aromatic rings. The Hall–Kier alpha value is -1.30. The van der Waals surface area contributed by atoms with Gasteiger partial charge in [-0.1, -0.05) is 24.9 Å². The zero-order valence-electron chi connectivity index (χ0n) is 14.2. The van der Waals surface area contributed by atoms with E-state index in [1.807, 2.05) is 6.92 Å². The van der Waals surface area contributed by atoms with Gasteiger partial charge in [0, 0.05) is 13.1 Å². The van der Waals surface area contributed by atoms with Crippen molar-refractivity contribution in [3.8, 4) is 0 Å². The number of aliphatic hydroxyl groups is 3. The SMILES string of the molecule is CC/C(C)=N/OC(=O)NCCCCCCN1C(O)NC(O)NC1O. The van der Waals surface area contributed by atoms with Gasteiger partial charge < -0.3 is 20.6 Å². The zero-order chi connectivity index (χ0) is 17.9. The Morgan fingerprint density at radius 2 is 1.79 bits per heavy atom. The number of nitrogens with zero attached hydrogens (tertiary/aromatic N) is 2. The minimum Gasteiger partial charge on any atom is -0.365 e. The van der Waals surface area contributed by atoms with Crippen molar-refractivity contribution in [1.82, 2.24) is 20.9 Å². The summed E-state index contributed by atoms with van der Waals surface area (Å²) < 4.78 is 0. The van der Waals surface area contributed by atoms with Crippen LogP contribution in [-0.2, 0) is 4.84 Å². The van der Waals surface area contributed by atoms with Gasteiger partial charge in [-0.25, -0.2) is 20.3 Å². The van der Waals surface area contributed by atoms with Gasteiger partial charge in [0.1, 0.15) is 0 Å². The van der Waals surface area contributed by atoms with Gasteiger partial charge in [-0.05, 0) is 26.2 Å². The predicted molar refractivity (Wildman–Crippen MR) is 87.3 cm³/mol. The minimum atomic E-state index is -1.14. The molecule has 10 nitrogen and oxygen atoms in total. The molecule has 0 spiro atoms. The first kappa shape index (κ1) is 20.7. The Morgan fingerprint density at radius 1 is 1.17 bits per heavy atom. The molecule has 6 N–H and O–H groups in total. The smallest absolute Gasteiger partial charge is 0.365 e. The van der Waals surface area contributed by atoms with Crippen molar-refractivity contribution in [2.75, 3.05) is 13.1 Å². The highest BCUT2D eigenvalue weighted by Gasteiger charge is 2.30. The van der Waals surface area contributed by atoms with Gasteiger partial charge in [0.15, 0.2) is 19.1 Å². The van der Waals surface area contributed by atoms with E-state index in [1.165, 1.54) is 4.90 Å². The summed E-state index contributed by atoms with van der Waals surface area (Å²) in [6.45, 7) is 4.69. The number of nitrogens with one attached hydrogen (secondary N) is 3. The molecule has 0 aliphatic carbocycles. The van der Waals surface area contributed by atoms with Crippen LogP contribution in [0.3, 0.4) is 0 Å². The normalized spacial score (nSPS) is 25.5. The first-order valence-corrected chi connectivity index (χ1v) is 8.24. The number of hydrogen-bond acceptors (Lipinski definition) is 9. The quantitative estimate of drug-likeness (QED) is 0.140. The Bertz CT molecular complexity index is 397. The molecule has 1 rings (SSSR count). The van der Waals surface area contributed by atoms with Crippen molar-refractivity contribution in [1.29, 1.82) is 0 Å². The number of oxime groups is 1. The molecule has 0 saturated carbocycles. The van der Waals surface area contributed by atoms with Gasteiger partial charge in [-0.15, -0.1) is 0 Å². The molecule has 1 aliphatic heterocycles. The van der Waals surface area contributed by atoms with Gasteiger partial charge in [-0.2, -0.15) is 0 Å². The molecular formula is C14H29N5O5. The molecule has 1 fully saturated rings. The lowest BCUT2D eigenvalue weighted by Crippen LogP contribution is -2.68. The maximum Gasteiger partial charge on any atom is 0.433 e. The fraction of sp³-hybridized carbons (Fsp3) is 0.857. The molecule has 0 aromatic carbocycles. The lowest BCUT2D eigenvalue weighted by molar-refractivity contribution is -0.200. The number of hydrogen-bond donors (Lipinski definition) is 6. The van der Waals surface area contributed by atoms with Crippen LogP contribution in [0.5, 0.6) is 0 Å². The monoisotopic (exact) mass is 347 g/mol. The number of carbonyl (C=O) groups is 1. The molecule has 1 heterocycles. The second kappa shape index (κ2) is 11.3. The lowest BCUT2D eigenvalue weighted by atomic mass is 10.2. The van der Waals surface area contributed by atoms with Crippen LogP contribution in [0.4, 0.5) is 4.79 Å². The van der Waals surface area contributed by atoms with Crippen molar-refractivity contribution in [2.45, 2.75) is 65.0 Å². The number of aliphatic hydroxyl groups excluding tert-OH is 3. The zero-order valence-corrected chi connectivity index (χ0v) is 14.2. The third-order valence-corrected chi connectivity index (χ3v) is 3.65. The topological polar surface area (TPSA) is 139 Å². The first-order valence-electron chi connectivity index (χ1n) is 8.24. The summed E-state index contributed by atoms with van der Waals surface area (Å²) in [5.41, 5.74) is 0.753. The number of amides is 1. The third kappa shape index (κ3) is 7.99. The highest BCUT2D eigenvalue weighted by Crippen LogP contribution is 2.08. The summed E-state index contributed by atoms with van der Waals surface area (Å²) in [7, 11) is 0. The van der Waals surface area contributed by atoms with Crippen LogP contribution in [0.15, 0.2) is 5.16 Å². The van der Waals surface area contributed by atoms with Gasteiger partial charge in [0.05, 0.1) is 5.71 Å². The summed E-state index contributed by atoms with van der Waals surface area (Å²) in [4.78, 5) is 17.4. The molecule has 0 aromatic heterocycles. The van der Waals surface area contributed by atoms with Gasteiger partial charge >= 0.3 is 6.09 Å². The molecule has 0 radical (unpaired) electrons. The van der Waals surface area contributed by atoms with Gasteiger partial charge in [0.2, 0.25) is 0 Å². The number of carbonyl (C=O) groups excluding carboxylic acids is 1. The fourth-order valence-electron chi connectivity index (χ4n) is 2.08. The summed E-state index contributed by atoms with van der Waals surface area (Å²) in [5.74, 6) is 0. The van der Waals surface area contributed by atoms with Crippen molar-refractivity contribution >= 4 is 11.8 Å². The minimum absolute atomic E-state index is 0.468. The summed E-state index contributed by atoms with van der Waals surface area (Å²) in [6.07, 6.45) is 0.172. The van der Waals surface area contributed by atoms with Crippen LogP contribution in [0.1, 0.15) is 46.0 Å². The molecule has 24 heavy (non-hydrogen) atoms. The van der Waals surface area contributed by atoms with E-state index < -0.39 is 25.1 Å². The Kier molecular flexibility index (Phi) is 9.76. The summed E-state index contributed by atoms with van der Waals surface area (Å²) in [6, 6.07) is 0.